The van der Waals surface area contributed by atoms with Gasteiger partial charge in [0, 0.05) is 16.7 Å². The molecule has 25 heavy (non-hydrogen) atoms. The molecule has 0 saturated heterocycles. The second kappa shape index (κ2) is 7.38. The number of rotatable bonds is 5. The number of halogens is 1. The van der Waals surface area contributed by atoms with E-state index < -0.39 is 5.91 Å². The number of nitrogens with zero attached hydrogens (tertiary/aromatic N) is 1. The molecule has 0 bridgehead atoms. The van der Waals surface area contributed by atoms with Crippen molar-refractivity contribution < 1.29 is 14.0 Å². The molecule has 3 rings (SSSR count). The largest absolute Gasteiger partial charge is 0.440 e. The number of thiophene rings is 1. The zero-order valence-electron chi connectivity index (χ0n) is 13.4. The zero-order chi connectivity index (χ0) is 18.0. The third-order valence-corrected chi connectivity index (χ3v) is 5.40. The molecule has 3 aromatic rings. The van der Waals surface area contributed by atoms with Crippen LogP contribution >= 0.6 is 34.3 Å². The van der Waals surface area contributed by atoms with E-state index in [0.717, 1.165) is 20.3 Å². The first-order chi connectivity index (χ1) is 11.9. The van der Waals surface area contributed by atoms with Crippen LogP contribution in [0.2, 0.25) is 5.22 Å². The van der Waals surface area contributed by atoms with Gasteiger partial charge in [0.05, 0.1) is 17.1 Å². The number of furan rings is 1. The van der Waals surface area contributed by atoms with Crippen molar-refractivity contribution in [3.63, 3.8) is 0 Å². The number of anilines is 1. The third kappa shape index (κ3) is 4.28. The minimum Gasteiger partial charge on any atom is -0.440 e. The van der Waals surface area contributed by atoms with Crippen LogP contribution in [-0.2, 0) is 11.3 Å². The summed E-state index contributed by atoms with van der Waals surface area (Å²) in [4.78, 5) is 30.6. The maximum atomic E-state index is 12.1. The lowest BCUT2D eigenvalue weighted by molar-refractivity contribution is -0.119. The highest BCUT2D eigenvalue weighted by molar-refractivity contribution is 7.18. The Kier molecular flexibility index (Phi) is 5.22. The van der Waals surface area contributed by atoms with Crippen LogP contribution in [0.15, 0.2) is 28.7 Å². The minimum atomic E-state index is -0.398. The Hall–Kier alpha value is -2.16. The van der Waals surface area contributed by atoms with E-state index in [4.69, 9.17) is 16.0 Å². The van der Waals surface area contributed by atoms with Gasteiger partial charge in [-0.05, 0) is 42.8 Å². The molecule has 0 fully saturated rings. The second-order valence-corrected chi connectivity index (χ2v) is 7.90. The van der Waals surface area contributed by atoms with Gasteiger partial charge in [-0.3, -0.25) is 14.9 Å². The summed E-state index contributed by atoms with van der Waals surface area (Å²) in [6.07, 6.45) is 0. The van der Waals surface area contributed by atoms with E-state index in [9.17, 15) is 9.59 Å². The van der Waals surface area contributed by atoms with Crippen LogP contribution < -0.4 is 10.6 Å². The number of aromatic nitrogens is 1. The molecule has 0 saturated carbocycles. The van der Waals surface area contributed by atoms with E-state index in [2.05, 4.69) is 15.6 Å². The summed E-state index contributed by atoms with van der Waals surface area (Å²) in [5.74, 6) is -0.333. The number of aryl methyl sites for hydroxylation is 1. The molecule has 0 aromatic carbocycles. The first-order valence-electron chi connectivity index (χ1n) is 7.30. The molecular formula is C16H14ClN3O3S2. The van der Waals surface area contributed by atoms with Gasteiger partial charge in [-0.1, -0.05) is 0 Å². The van der Waals surface area contributed by atoms with Gasteiger partial charge >= 0.3 is 0 Å². The molecule has 0 aliphatic carbocycles. The molecule has 0 unspecified atom stereocenters. The van der Waals surface area contributed by atoms with E-state index in [1.54, 1.807) is 11.3 Å². The second-order valence-electron chi connectivity index (χ2n) is 5.16. The molecule has 0 aliphatic heterocycles. The predicted molar refractivity (Wildman–Crippen MR) is 99.4 cm³/mol. The summed E-state index contributed by atoms with van der Waals surface area (Å²) in [6.45, 7) is 3.92. The summed E-state index contributed by atoms with van der Waals surface area (Å²) in [6, 6.07) is 6.93. The van der Waals surface area contributed by atoms with E-state index in [1.165, 1.54) is 30.4 Å². The molecule has 0 atom stereocenters. The standard InChI is InChI=1S/C16H14ClN3O3S2/c1-8-14(12-5-3-10(25-12)7-18-9(2)21)19-16(24-8)20-15(22)11-4-6-13(17)23-11/h3-6H,7H2,1-2H3,(H,18,21)(H,19,20,22). The molecule has 3 heterocycles. The average molecular weight is 396 g/mol. The normalized spacial score (nSPS) is 10.7. The monoisotopic (exact) mass is 395 g/mol. The van der Waals surface area contributed by atoms with Crippen molar-refractivity contribution in [1.29, 1.82) is 0 Å². The molecule has 0 spiro atoms. The average Bonchev–Trinajstić information content (AvgIpc) is 3.25. The van der Waals surface area contributed by atoms with Crippen molar-refractivity contribution in [2.75, 3.05) is 5.32 Å². The fourth-order valence-corrected chi connectivity index (χ4v) is 4.11. The summed E-state index contributed by atoms with van der Waals surface area (Å²) in [5, 5.41) is 6.13. The lowest BCUT2D eigenvalue weighted by Gasteiger charge is -1.98. The number of hydrogen-bond acceptors (Lipinski definition) is 6. The van der Waals surface area contributed by atoms with Gasteiger partial charge in [-0.25, -0.2) is 4.98 Å². The van der Waals surface area contributed by atoms with Crippen LogP contribution in [0, 0.1) is 6.92 Å². The maximum absolute atomic E-state index is 12.1. The number of thiazole rings is 1. The Morgan fingerprint density at radius 3 is 2.72 bits per heavy atom. The predicted octanol–water partition coefficient (Wildman–Crippen LogP) is 4.31. The Morgan fingerprint density at radius 1 is 1.24 bits per heavy atom. The van der Waals surface area contributed by atoms with Gasteiger partial charge in [-0.15, -0.1) is 22.7 Å². The molecule has 6 nitrogen and oxygen atoms in total. The van der Waals surface area contributed by atoms with Crippen molar-refractivity contribution in [1.82, 2.24) is 10.3 Å². The highest BCUT2D eigenvalue weighted by atomic mass is 35.5. The summed E-state index contributed by atoms with van der Waals surface area (Å²) >= 11 is 8.62. The minimum absolute atomic E-state index is 0.0668. The summed E-state index contributed by atoms with van der Waals surface area (Å²) in [7, 11) is 0. The van der Waals surface area contributed by atoms with Gasteiger partial charge in [0.2, 0.25) is 5.91 Å². The number of carbonyl (C=O) groups excluding carboxylic acids is 2. The Labute approximate surface area is 156 Å². The van der Waals surface area contributed by atoms with E-state index in [-0.39, 0.29) is 16.9 Å². The maximum Gasteiger partial charge on any atom is 0.293 e. The molecule has 0 aliphatic rings. The SMILES string of the molecule is CC(=O)NCc1ccc(-c2nc(NC(=O)c3ccc(Cl)o3)sc2C)s1. The Balaban J connectivity index is 1.74. The molecule has 0 radical (unpaired) electrons. The van der Waals surface area contributed by atoms with E-state index in [0.29, 0.717) is 11.7 Å². The first kappa shape index (κ1) is 17.7. The number of amides is 2. The Bertz CT molecular complexity index is 929. The molecule has 9 heteroatoms. The van der Waals surface area contributed by atoms with Gasteiger partial charge in [0.1, 0.15) is 0 Å². The fourth-order valence-electron chi connectivity index (χ4n) is 2.09. The van der Waals surface area contributed by atoms with Crippen LogP contribution in [0.4, 0.5) is 5.13 Å². The first-order valence-corrected chi connectivity index (χ1v) is 9.31. The number of hydrogen-bond donors (Lipinski definition) is 2. The van der Waals surface area contributed by atoms with Gasteiger partial charge in [0.15, 0.2) is 16.1 Å². The van der Waals surface area contributed by atoms with Gasteiger partial charge in [0.25, 0.3) is 5.91 Å². The van der Waals surface area contributed by atoms with Crippen molar-refractivity contribution in [3.8, 4) is 10.6 Å². The smallest absolute Gasteiger partial charge is 0.293 e. The molecule has 2 amide bonds. The van der Waals surface area contributed by atoms with Crippen molar-refractivity contribution in [2.24, 2.45) is 0 Å². The molecule has 130 valence electrons. The van der Waals surface area contributed by atoms with Crippen molar-refractivity contribution in [2.45, 2.75) is 20.4 Å². The lowest BCUT2D eigenvalue weighted by atomic mass is 10.3. The topological polar surface area (TPSA) is 84.2 Å². The third-order valence-electron chi connectivity index (χ3n) is 3.22. The number of nitrogens with one attached hydrogen (secondary N) is 2. The summed E-state index contributed by atoms with van der Waals surface area (Å²) < 4.78 is 5.09. The van der Waals surface area contributed by atoms with Gasteiger partial charge in [-0.2, -0.15) is 0 Å². The Morgan fingerprint density at radius 2 is 2.04 bits per heavy atom. The van der Waals surface area contributed by atoms with Crippen LogP contribution in [0.25, 0.3) is 10.6 Å². The quantitative estimate of drug-likeness (QED) is 0.674. The van der Waals surface area contributed by atoms with E-state index >= 15 is 0 Å². The highest BCUT2D eigenvalue weighted by Gasteiger charge is 2.16. The van der Waals surface area contributed by atoms with Crippen molar-refractivity contribution in [3.05, 3.63) is 45.0 Å². The van der Waals surface area contributed by atoms with Crippen LogP contribution in [0.3, 0.4) is 0 Å². The number of carbonyl (C=O) groups is 2. The van der Waals surface area contributed by atoms with E-state index in [1.807, 2.05) is 19.1 Å². The van der Waals surface area contributed by atoms with Gasteiger partial charge < -0.3 is 9.73 Å². The summed E-state index contributed by atoms with van der Waals surface area (Å²) in [5.41, 5.74) is 0.817. The van der Waals surface area contributed by atoms with Crippen molar-refractivity contribution >= 4 is 51.2 Å². The van der Waals surface area contributed by atoms with Crippen LogP contribution in [0.5, 0.6) is 0 Å². The molecule has 2 N–H and O–H groups in total. The lowest BCUT2D eigenvalue weighted by Crippen LogP contribution is -2.17. The highest BCUT2D eigenvalue weighted by Crippen LogP contribution is 2.34. The molecular weight excluding hydrogens is 382 g/mol. The molecule has 3 aromatic heterocycles. The zero-order valence-corrected chi connectivity index (χ0v) is 15.8. The van der Waals surface area contributed by atoms with Crippen LogP contribution in [-0.4, -0.2) is 16.8 Å². The van der Waals surface area contributed by atoms with Crippen LogP contribution in [0.1, 0.15) is 27.2 Å². The fraction of sp³-hybridized carbons (Fsp3) is 0.188.